The van der Waals surface area contributed by atoms with Crippen molar-refractivity contribution >= 4 is 23.2 Å². The standard InChI is InChI=1S/C14H22ClNO.C6H5Cl/c1-11(2)16-14(5-3-4-10-17)12-6-8-13(15)9-7-12;7-6-4-2-1-3-5-6/h6-9,11,14,16-17H,3-5,10H2,1-2H3;1-5H. The average Bonchev–Trinajstić information content (AvgIpc) is 2.56. The van der Waals surface area contributed by atoms with Crippen LogP contribution in [0, 0.1) is 0 Å². The predicted molar refractivity (Wildman–Crippen MR) is 105 cm³/mol. The molecule has 2 aromatic carbocycles. The smallest absolute Gasteiger partial charge is 0.0431 e. The van der Waals surface area contributed by atoms with Crippen LogP contribution in [0.2, 0.25) is 10.0 Å². The van der Waals surface area contributed by atoms with Gasteiger partial charge in [0.05, 0.1) is 0 Å². The highest BCUT2D eigenvalue weighted by Crippen LogP contribution is 2.22. The molecule has 0 aromatic heterocycles. The van der Waals surface area contributed by atoms with Crippen molar-refractivity contribution in [3.05, 3.63) is 70.2 Å². The number of unbranched alkanes of at least 4 members (excludes halogenated alkanes) is 1. The molecule has 0 spiro atoms. The van der Waals surface area contributed by atoms with E-state index in [4.69, 9.17) is 28.3 Å². The molecule has 4 heteroatoms. The van der Waals surface area contributed by atoms with Gasteiger partial charge in [-0.25, -0.2) is 0 Å². The second-order valence-electron chi connectivity index (χ2n) is 5.94. The van der Waals surface area contributed by atoms with Crippen molar-refractivity contribution in [3.63, 3.8) is 0 Å². The van der Waals surface area contributed by atoms with E-state index in [1.165, 1.54) is 5.56 Å². The van der Waals surface area contributed by atoms with Crippen molar-refractivity contribution < 1.29 is 5.11 Å². The Labute approximate surface area is 155 Å². The van der Waals surface area contributed by atoms with Crippen molar-refractivity contribution in [2.45, 2.75) is 45.2 Å². The first-order valence-corrected chi connectivity index (χ1v) is 9.11. The molecule has 2 rings (SSSR count). The Morgan fingerprint density at radius 3 is 1.92 bits per heavy atom. The van der Waals surface area contributed by atoms with Gasteiger partial charge < -0.3 is 10.4 Å². The van der Waals surface area contributed by atoms with Crippen LogP contribution in [0.3, 0.4) is 0 Å². The van der Waals surface area contributed by atoms with E-state index in [0.29, 0.717) is 12.1 Å². The average molecular weight is 368 g/mol. The molecule has 0 saturated heterocycles. The number of hydrogen-bond acceptors (Lipinski definition) is 2. The summed E-state index contributed by atoms with van der Waals surface area (Å²) >= 11 is 11.4. The van der Waals surface area contributed by atoms with E-state index in [0.717, 1.165) is 29.3 Å². The van der Waals surface area contributed by atoms with Gasteiger partial charge in [0.25, 0.3) is 0 Å². The van der Waals surface area contributed by atoms with Crippen LogP contribution >= 0.6 is 23.2 Å². The van der Waals surface area contributed by atoms with Crippen molar-refractivity contribution in [1.29, 1.82) is 0 Å². The van der Waals surface area contributed by atoms with E-state index in [1.54, 1.807) is 0 Å². The second kappa shape index (κ2) is 12.3. The first-order valence-electron chi connectivity index (χ1n) is 8.36. The summed E-state index contributed by atoms with van der Waals surface area (Å²) in [5, 5.41) is 13.9. The van der Waals surface area contributed by atoms with Gasteiger partial charge in [0.15, 0.2) is 0 Å². The summed E-state index contributed by atoms with van der Waals surface area (Å²) in [6.07, 6.45) is 2.94. The highest BCUT2D eigenvalue weighted by Gasteiger charge is 2.11. The molecular formula is C20H27Cl2NO. The van der Waals surface area contributed by atoms with Crippen LogP contribution in [-0.4, -0.2) is 17.8 Å². The molecule has 0 aliphatic heterocycles. The summed E-state index contributed by atoms with van der Waals surface area (Å²) in [4.78, 5) is 0. The molecule has 2 aromatic rings. The Hall–Kier alpha value is -1.06. The van der Waals surface area contributed by atoms with Crippen LogP contribution in [0.25, 0.3) is 0 Å². The van der Waals surface area contributed by atoms with Crippen molar-refractivity contribution in [1.82, 2.24) is 5.32 Å². The highest BCUT2D eigenvalue weighted by atomic mass is 35.5. The van der Waals surface area contributed by atoms with Crippen LogP contribution in [-0.2, 0) is 0 Å². The third-order valence-corrected chi connectivity index (χ3v) is 3.94. The van der Waals surface area contributed by atoms with E-state index < -0.39 is 0 Å². The molecule has 132 valence electrons. The van der Waals surface area contributed by atoms with Crippen LogP contribution in [0.1, 0.15) is 44.7 Å². The first kappa shape index (κ1) is 21.0. The van der Waals surface area contributed by atoms with E-state index in [-0.39, 0.29) is 6.61 Å². The summed E-state index contributed by atoms with van der Waals surface area (Å²) in [6, 6.07) is 18.2. The molecule has 0 bridgehead atoms. The lowest BCUT2D eigenvalue weighted by molar-refractivity contribution is 0.278. The molecule has 24 heavy (non-hydrogen) atoms. The van der Waals surface area contributed by atoms with Crippen LogP contribution in [0.15, 0.2) is 54.6 Å². The van der Waals surface area contributed by atoms with Gasteiger partial charge in [-0.1, -0.05) is 67.4 Å². The lowest BCUT2D eigenvalue weighted by Gasteiger charge is -2.21. The quantitative estimate of drug-likeness (QED) is 0.598. The number of hydrogen-bond donors (Lipinski definition) is 2. The van der Waals surface area contributed by atoms with Gasteiger partial charge >= 0.3 is 0 Å². The van der Waals surface area contributed by atoms with Crippen LogP contribution in [0.5, 0.6) is 0 Å². The summed E-state index contributed by atoms with van der Waals surface area (Å²) in [6.45, 7) is 4.57. The van der Waals surface area contributed by atoms with Gasteiger partial charge in [0, 0.05) is 28.7 Å². The molecular weight excluding hydrogens is 341 g/mol. The zero-order chi connectivity index (χ0) is 17.8. The molecule has 2 N–H and O–H groups in total. The minimum absolute atomic E-state index is 0.273. The third kappa shape index (κ3) is 9.29. The van der Waals surface area contributed by atoms with Gasteiger partial charge in [-0.05, 0) is 49.1 Å². The lowest BCUT2D eigenvalue weighted by Crippen LogP contribution is -2.28. The SMILES string of the molecule is CC(C)NC(CCCCO)c1ccc(Cl)cc1.Clc1ccccc1. The van der Waals surface area contributed by atoms with E-state index >= 15 is 0 Å². The Kier molecular flexibility index (Phi) is 10.8. The zero-order valence-corrected chi connectivity index (χ0v) is 15.9. The molecule has 0 amide bonds. The summed E-state index contributed by atoms with van der Waals surface area (Å²) in [7, 11) is 0. The molecule has 0 heterocycles. The van der Waals surface area contributed by atoms with Gasteiger partial charge in [0.2, 0.25) is 0 Å². The molecule has 1 unspecified atom stereocenters. The maximum atomic E-state index is 8.83. The highest BCUT2D eigenvalue weighted by molar-refractivity contribution is 6.30. The Bertz CT molecular complexity index is 543. The molecule has 2 nitrogen and oxygen atoms in total. The largest absolute Gasteiger partial charge is 0.396 e. The molecule has 0 saturated carbocycles. The second-order valence-corrected chi connectivity index (χ2v) is 6.81. The molecule has 0 fully saturated rings. The molecule has 0 aliphatic carbocycles. The summed E-state index contributed by atoms with van der Waals surface area (Å²) < 4.78 is 0. The number of rotatable bonds is 7. The topological polar surface area (TPSA) is 32.3 Å². The number of halogens is 2. The third-order valence-electron chi connectivity index (χ3n) is 3.44. The van der Waals surface area contributed by atoms with Gasteiger partial charge in [0.1, 0.15) is 0 Å². The van der Waals surface area contributed by atoms with E-state index in [2.05, 4.69) is 31.3 Å². The number of aliphatic hydroxyl groups excluding tert-OH is 1. The first-order chi connectivity index (χ1) is 11.5. The van der Waals surface area contributed by atoms with Gasteiger partial charge in [-0.3, -0.25) is 0 Å². The Morgan fingerprint density at radius 1 is 0.875 bits per heavy atom. The predicted octanol–water partition coefficient (Wildman–Crippen LogP) is 5.88. The zero-order valence-electron chi connectivity index (χ0n) is 14.4. The number of aliphatic hydroxyl groups is 1. The minimum atomic E-state index is 0.273. The van der Waals surface area contributed by atoms with Crippen LogP contribution < -0.4 is 5.32 Å². The molecule has 1 atom stereocenters. The number of nitrogens with one attached hydrogen (secondary N) is 1. The maximum Gasteiger partial charge on any atom is 0.0431 e. The molecule has 0 aliphatic rings. The fourth-order valence-corrected chi connectivity index (χ4v) is 2.59. The van der Waals surface area contributed by atoms with Crippen LogP contribution in [0.4, 0.5) is 0 Å². The minimum Gasteiger partial charge on any atom is -0.396 e. The normalized spacial score (nSPS) is 11.8. The summed E-state index contributed by atoms with van der Waals surface area (Å²) in [5.74, 6) is 0. The van der Waals surface area contributed by atoms with E-state index in [1.807, 2.05) is 42.5 Å². The van der Waals surface area contributed by atoms with Gasteiger partial charge in [-0.15, -0.1) is 0 Å². The number of benzene rings is 2. The maximum absolute atomic E-state index is 8.83. The lowest BCUT2D eigenvalue weighted by atomic mass is 10.0. The van der Waals surface area contributed by atoms with Crippen molar-refractivity contribution in [2.24, 2.45) is 0 Å². The fraction of sp³-hybridized carbons (Fsp3) is 0.400. The van der Waals surface area contributed by atoms with E-state index in [9.17, 15) is 0 Å². The van der Waals surface area contributed by atoms with Crippen molar-refractivity contribution in [3.8, 4) is 0 Å². The summed E-state index contributed by atoms with van der Waals surface area (Å²) in [5.41, 5.74) is 1.26. The Balaban J connectivity index is 0.000000341. The fourth-order valence-electron chi connectivity index (χ4n) is 2.32. The molecule has 0 radical (unpaired) electrons. The van der Waals surface area contributed by atoms with Gasteiger partial charge in [-0.2, -0.15) is 0 Å². The monoisotopic (exact) mass is 367 g/mol. The van der Waals surface area contributed by atoms with Crippen molar-refractivity contribution in [2.75, 3.05) is 6.61 Å². The Morgan fingerprint density at radius 2 is 1.46 bits per heavy atom.